The number of benzene rings is 2. The van der Waals surface area contributed by atoms with Crippen molar-refractivity contribution >= 4 is 19.2 Å². The molecule has 4 heteroatoms. The van der Waals surface area contributed by atoms with Crippen molar-refractivity contribution in [2.75, 3.05) is 0 Å². The minimum atomic E-state index is -2.18. The van der Waals surface area contributed by atoms with E-state index in [1.54, 1.807) is 0 Å². The Morgan fingerprint density at radius 1 is 0.818 bits per heavy atom. The van der Waals surface area contributed by atoms with Gasteiger partial charge in [-0.1, -0.05) is 95.1 Å². The molecule has 0 radical (unpaired) electrons. The third kappa shape index (κ3) is 6.99. The number of aromatic nitrogens is 1. The summed E-state index contributed by atoms with van der Waals surface area (Å²) in [4.78, 5) is 10.8. The normalized spacial score (nSPS) is 10.8. The molecule has 174 valence electrons. The maximum atomic E-state index is 5.64. The van der Waals surface area contributed by atoms with Crippen molar-refractivity contribution in [3.8, 4) is 11.3 Å². The summed E-state index contributed by atoms with van der Waals surface area (Å²) >= 11 is 0. The second-order valence-corrected chi connectivity index (χ2v) is 12.8. The molecule has 0 unspecified atom stereocenters. The van der Waals surface area contributed by atoms with E-state index in [-0.39, 0.29) is 40.7 Å². The predicted molar refractivity (Wildman–Crippen MR) is 145 cm³/mol. The molecule has 3 aromatic rings. The van der Waals surface area contributed by atoms with Crippen LogP contribution in [0.3, 0.4) is 0 Å². The quantitative estimate of drug-likeness (QED) is 0.183. The maximum Gasteiger partial charge on any atom is 4.00 e. The van der Waals surface area contributed by atoms with Gasteiger partial charge < -0.3 is 24.8 Å². The third-order valence-corrected chi connectivity index (χ3v) is 10.3. The fourth-order valence-corrected chi connectivity index (χ4v) is 7.16. The second-order valence-electron chi connectivity index (χ2n) is 8.63. The molecule has 2 nitrogen and oxygen atoms in total. The molecule has 0 saturated heterocycles. The minimum Gasteiger partial charge on any atom is -0.682 e. The van der Waals surface area contributed by atoms with Crippen LogP contribution >= 0.6 is 0 Å². The smallest absolute Gasteiger partial charge is 0.682 e. The molecule has 1 heterocycles. The summed E-state index contributed by atoms with van der Waals surface area (Å²) in [6, 6.07) is 26.6. The van der Waals surface area contributed by atoms with E-state index >= 15 is 0 Å². The van der Waals surface area contributed by atoms with E-state index in [0.29, 0.717) is 11.8 Å². The van der Waals surface area contributed by atoms with Gasteiger partial charge in [0.15, 0.2) is 0 Å². The summed E-state index contributed by atoms with van der Waals surface area (Å²) in [5.74, 6) is 0.891. The van der Waals surface area contributed by atoms with E-state index in [4.69, 9.17) is 9.97 Å². The Morgan fingerprint density at radius 3 is 1.88 bits per heavy atom. The molecule has 33 heavy (non-hydrogen) atoms. The Labute approximate surface area is 223 Å². The van der Waals surface area contributed by atoms with Crippen LogP contribution in [0.15, 0.2) is 60.7 Å². The molecule has 0 aliphatic heterocycles. The van der Waals surface area contributed by atoms with E-state index in [1.165, 1.54) is 22.1 Å². The van der Waals surface area contributed by atoms with Crippen molar-refractivity contribution < 1.29 is 25.8 Å². The fourth-order valence-electron chi connectivity index (χ4n) is 4.08. The Kier molecular flexibility index (Phi) is 13.4. The van der Waals surface area contributed by atoms with Gasteiger partial charge in [0.25, 0.3) is 0 Å². The molecule has 0 bridgehead atoms. The van der Waals surface area contributed by atoms with E-state index in [0.717, 1.165) is 23.3 Å². The Bertz CT molecular complexity index is 940. The first-order valence-electron chi connectivity index (χ1n) is 11.2. The minimum absolute atomic E-state index is 0. The molecule has 0 aliphatic carbocycles. The van der Waals surface area contributed by atoms with Gasteiger partial charge in [0.1, 0.15) is 0 Å². The zero-order valence-electron chi connectivity index (χ0n) is 21.7. The molecule has 0 N–H and O–H groups in total. The molecule has 0 amide bonds. The Balaban J connectivity index is 0.00000341. The summed E-state index contributed by atoms with van der Waals surface area (Å²) in [6.45, 7) is 13.6. The number of hydrogen-bond acceptors (Lipinski definition) is 1. The van der Waals surface area contributed by atoms with Gasteiger partial charge >= 0.3 is 25.8 Å². The molecule has 0 atom stereocenters. The van der Waals surface area contributed by atoms with Crippen LogP contribution in [0.2, 0.25) is 12.1 Å². The van der Waals surface area contributed by atoms with Crippen LogP contribution in [0.25, 0.3) is 16.2 Å². The average molecular weight is 623 g/mol. The van der Waals surface area contributed by atoms with Crippen LogP contribution in [-0.4, -0.2) is 13.2 Å². The number of hydrogen-bond donors (Lipinski definition) is 0. The van der Waals surface area contributed by atoms with Crippen molar-refractivity contribution in [1.82, 2.24) is 4.98 Å². The summed E-state index contributed by atoms with van der Waals surface area (Å²) in [6.07, 6.45) is 0. The molecule has 3 rings (SSSR count). The van der Waals surface area contributed by atoms with E-state index < -0.39 is 8.24 Å². The third-order valence-electron chi connectivity index (χ3n) is 6.05. The standard InChI is InChI=1S/C27H34N2Si.2CH3.Hf/c1-7-30(8-2,26-19-13-18-25(28-26)22-14-10-9-11-15-22)29-27-23(20(3)4)16-12-17-24(27)21(5)6;;;/h9-14,16-21H,7-8H2,1-6H3;2*1H3;/q-2;2*-1;+4. The van der Waals surface area contributed by atoms with Gasteiger partial charge in [0, 0.05) is 8.24 Å². The van der Waals surface area contributed by atoms with Gasteiger partial charge in [-0.2, -0.15) is 0 Å². The summed E-state index contributed by atoms with van der Waals surface area (Å²) in [7, 11) is -2.18. The number of rotatable bonds is 8. The molecular formula is C29H40HfN2Si. The van der Waals surface area contributed by atoms with Gasteiger partial charge in [0.2, 0.25) is 0 Å². The first-order chi connectivity index (χ1) is 14.4. The van der Waals surface area contributed by atoms with Crippen LogP contribution in [0.1, 0.15) is 64.5 Å². The number of nitrogens with zero attached hydrogens (tertiary/aromatic N) is 2. The maximum absolute atomic E-state index is 5.64. The van der Waals surface area contributed by atoms with Crippen LogP contribution in [0, 0.1) is 20.9 Å². The van der Waals surface area contributed by atoms with Crippen molar-refractivity contribution in [1.29, 1.82) is 0 Å². The van der Waals surface area contributed by atoms with E-state index in [2.05, 4.69) is 90.1 Å². The molecule has 0 spiro atoms. The van der Waals surface area contributed by atoms with Crippen molar-refractivity contribution in [3.05, 3.63) is 97.7 Å². The molecule has 0 fully saturated rings. The van der Waals surface area contributed by atoms with Gasteiger partial charge in [-0.15, -0.1) is 41.6 Å². The summed E-state index contributed by atoms with van der Waals surface area (Å²) in [5.41, 5.74) is 5.96. The molecular weight excluding hydrogens is 583 g/mol. The van der Waals surface area contributed by atoms with Crippen LogP contribution in [0.5, 0.6) is 0 Å². The van der Waals surface area contributed by atoms with Gasteiger partial charge in [-0.25, -0.2) is 0 Å². The van der Waals surface area contributed by atoms with E-state index in [1.807, 2.05) is 18.2 Å². The van der Waals surface area contributed by atoms with Crippen LogP contribution in [-0.2, 0) is 25.8 Å². The van der Waals surface area contributed by atoms with Crippen molar-refractivity contribution in [2.24, 2.45) is 0 Å². The first-order valence-corrected chi connectivity index (χ1v) is 13.6. The van der Waals surface area contributed by atoms with E-state index in [9.17, 15) is 0 Å². The SMILES string of the molecule is CC[Si](CC)([N-]c1c(C(C)C)cccc1C(C)C)c1cccc(-c2[c-]cccc2)n1.[CH3-].[CH3-].[Hf+4]. The number of pyridine rings is 1. The van der Waals surface area contributed by atoms with Crippen molar-refractivity contribution in [3.63, 3.8) is 0 Å². The van der Waals surface area contributed by atoms with Crippen LogP contribution in [0.4, 0.5) is 5.69 Å². The predicted octanol–water partition coefficient (Wildman–Crippen LogP) is 8.59. The summed E-state index contributed by atoms with van der Waals surface area (Å²) < 4.78 is 0. The summed E-state index contributed by atoms with van der Waals surface area (Å²) in [5, 5.41) is 1.18. The topological polar surface area (TPSA) is 27.0 Å². The Hall–Kier alpha value is -1.52. The molecule has 0 saturated carbocycles. The van der Waals surface area contributed by atoms with Gasteiger partial charge in [0.05, 0.1) is 0 Å². The van der Waals surface area contributed by atoms with Crippen LogP contribution < -0.4 is 5.32 Å². The monoisotopic (exact) mass is 624 g/mol. The Morgan fingerprint density at radius 2 is 1.39 bits per heavy atom. The molecule has 0 aliphatic rings. The largest absolute Gasteiger partial charge is 4.00 e. The second kappa shape index (κ2) is 14.0. The van der Waals surface area contributed by atoms with Crippen molar-refractivity contribution in [2.45, 2.75) is 65.5 Å². The zero-order valence-corrected chi connectivity index (χ0v) is 26.3. The average Bonchev–Trinajstić information content (AvgIpc) is 2.78. The molecule has 2 aromatic carbocycles. The van der Waals surface area contributed by atoms with Gasteiger partial charge in [-0.3, -0.25) is 0 Å². The zero-order chi connectivity index (χ0) is 21.7. The van der Waals surface area contributed by atoms with Gasteiger partial charge in [-0.05, 0) is 28.9 Å². The molecule has 1 aromatic heterocycles. The fraction of sp³-hybridized carbons (Fsp3) is 0.345. The first kappa shape index (κ1) is 31.5.